The number of aliphatic hydroxyl groups is 1. The van der Waals surface area contributed by atoms with Gasteiger partial charge in [0.25, 0.3) is 0 Å². The van der Waals surface area contributed by atoms with E-state index in [1.165, 1.54) is 13.8 Å². The molecule has 7 atom stereocenters. The maximum atomic E-state index is 13.5. The van der Waals surface area contributed by atoms with Crippen molar-refractivity contribution in [3.8, 4) is 0 Å². The molecule has 0 aliphatic heterocycles. The molecule has 0 bridgehead atoms. The predicted octanol–water partition coefficient (Wildman–Crippen LogP) is -5.57. The maximum Gasteiger partial charge on any atom is 0.328 e. The molecule has 23 heteroatoms. The summed E-state index contributed by atoms with van der Waals surface area (Å²) < 4.78 is 0. The number of hydrogen-bond acceptors (Lipinski definition) is 12. The van der Waals surface area contributed by atoms with Gasteiger partial charge in [0, 0.05) is 6.54 Å². The first-order valence-corrected chi connectivity index (χ1v) is 17.0. The van der Waals surface area contributed by atoms with E-state index in [1.54, 1.807) is 13.8 Å². The number of aliphatic hydroxyl groups excluding tert-OH is 1. The maximum absolute atomic E-state index is 13.5. The number of carboxylic acids is 2. The molecule has 0 aliphatic carbocycles. The molecule has 0 fully saturated rings. The second-order valence-corrected chi connectivity index (χ2v) is 13.1. The molecule has 23 nitrogen and oxygen atoms in total. The van der Waals surface area contributed by atoms with Crippen molar-refractivity contribution in [2.24, 2.45) is 39.8 Å². The largest absolute Gasteiger partial charge is 0.481 e. The van der Waals surface area contributed by atoms with Crippen LogP contribution in [0.5, 0.6) is 0 Å². The average molecular weight is 774 g/mol. The lowest BCUT2D eigenvalue weighted by Crippen LogP contribution is -2.61. The monoisotopic (exact) mass is 773 g/mol. The van der Waals surface area contributed by atoms with Gasteiger partial charge in [0.15, 0.2) is 12.0 Å². The molecule has 0 spiro atoms. The van der Waals surface area contributed by atoms with Gasteiger partial charge in [-0.05, 0) is 38.0 Å². The number of primary amides is 1. The molecule has 0 aliphatic rings. The lowest BCUT2D eigenvalue weighted by molar-refractivity contribution is -0.145. The Morgan fingerprint density at radius 1 is 0.630 bits per heavy atom. The molecule has 0 radical (unpaired) electrons. The fourth-order valence-electron chi connectivity index (χ4n) is 4.76. The van der Waals surface area contributed by atoms with Crippen LogP contribution < -0.4 is 54.8 Å². The molecule has 0 aromatic heterocycles. The van der Waals surface area contributed by atoms with Crippen molar-refractivity contribution in [2.45, 2.75) is 109 Å². The molecule has 0 rings (SSSR count). The van der Waals surface area contributed by atoms with E-state index >= 15 is 0 Å². The van der Waals surface area contributed by atoms with Crippen LogP contribution >= 0.6 is 0 Å². The highest BCUT2D eigenvalue weighted by atomic mass is 16.4. The van der Waals surface area contributed by atoms with Gasteiger partial charge in [-0.2, -0.15) is 0 Å². The Morgan fingerprint density at radius 2 is 1.11 bits per heavy atom. The number of nitrogens with one attached hydrogen (secondary N) is 6. The summed E-state index contributed by atoms with van der Waals surface area (Å²) in [5.74, 6) is -11.1. The molecule has 0 unspecified atom stereocenters. The number of nitrogens with zero attached hydrogens (tertiary/aromatic N) is 1. The van der Waals surface area contributed by atoms with E-state index in [2.05, 4.69) is 36.9 Å². The number of carbonyl (C=O) groups is 9. The summed E-state index contributed by atoms with van der Waals surface area (Å²) in [5, 5.41) is 42.3. The zero-order valence-corrected chi connectivity index (χ0v) is 30.9. The normalized spacial score (nSPS) is 14.8. The number of aliphatic carboxylic acids is 2. The van der Waals surface area contributed by atoms with E-state index in [1.807, 2.05) is 0 Å². The van der Waals surface area contributed by atoms with Crippen molar-refractivity contribution in [1.29, 1.82) is 0 Å². The molecular weight excluding hydrogens is 718 g/mol. The third-order valence-electron chi connectivity index (χ3n) is 7.47. The Kier molecular flexibility index (Phi) is 21.4. The first kappa shape index (κ1) is 48.4. The smallest absolute Gasteiger partial charge is 0.328 e. The highest BCUT2D eigenvalue weighted by molar-refractivity contribution is 5.98. The minimum absolute atomic E-state index is 0.0282. The van der Waals surface area contributed by atoms with Crippen molar-refractivity contribution < 1.29 is 58.5 Å². The molecule has 0 saturated carbocycles. The Balaban J connectivity index is 6.30. The summed E-state index contributed by atoms with van der Waals surface area (Å²) in [7, 11) is 0. The van der Waals surface area contributed by atoms with Gasteiger partial charge in [-0.25, -0.2) is 4.79 Å². The third-order valence-corrected chi connectivity index (χ3v) is 7.47. The van der Waals surface area contributed by atoms with Crippen LogP contribution in [-0.4, -0.2) is 130 Å². The second-order valence-electron chi connectivity index (χ2n) is 13.1. The van der Waals surface area contributed by atoms with Gasteiger partial charge in [-0.3, -0.25) is 43.3 Å². The fourth-order valence-corrected chi connectivity index (χ4v) is 4.76. The van der Waals surface area contributed by atoms with E-state index in [4.69, 9.17) is 22.9 Å². The van der Waals surface area contributed by atoms with Crippen molar-refractivity contribution in [3.63, 3.8) is 0 Å². The second kappa shape index (κ2) is 23.9. The SMILES string of the molecule is CC(C)C[C@H](NC(=O)[C@H](CC(=O)O)NC(=O)CN)C(=O)N[C@@H](CC(N)=O)C(=O)N[C@H](C(=O)N[C@@H](CCCN=C(N)N)C(=O)N[C@H](C(=O)O)[C@@H](C)O)C(C)C. The van der Waals surface area contributed by atoms with Gasteiger partial charge in [0.05, 0.1) is 25.5 Å². The van der Waals surface area contributed by atoms with Crippen molar-refractivity contribution in [3.05, 3.63) is 0 Å². The van der Waals surface area contributed by atoms with E-state index in [-0.39, 0.29) is 37.7 Å². The summed E-state index contributed by atoms with van der Waals surface area (Å²) >= 11 is 0. The average Bonchev–Trinajstić information content (AvgIpc) is 3.04. The Bertz CT molecular complexity index is 1390. The zero-order chi connectivity index (χ0) is 41.9. The van der Waals surface area contributed by atoms with Gasteiger partial charge >= 0.3 is 11.9 Å². The fraction of sp³-hybridized carbons (Fsp3) is 0.677. The highest BCUT2D eigenvalue weighted by Gasteiger charge is 2.35. The zero-order valence-electron chi connectivity index (χ0n) is 30.9. The number of rotatable bonds is 25. The number of hydrogen-bond donors (Lipinski definition) is 13. The molecule has 0 saturated heterocycles. The van der Waals surface area contributed by atoms with Crippen LogP contribution in [0.15, 0.2) is 4.99 Å². The molecule has 54 heavy (non-hydrogen) atoms. The van der Waals surface area contributed by atoms with Gasteiger partial charge in [-0.1, -0.05) is 27.7 Å². The minimum atomic E-state index is -1.73. The quantitative estimate of drug-likeness (QED) is 0.0234. The van der Waals surface area contributed by atoms with E-state index in [0.29, 0.717) is 0 Å². The van der Waals surface area contributed by atoms with Crippen LogP contribution in [0.2, 0.25) is 0 Å². The minimum Gasteiger partial charge on any atom is -0.481 e. The Labute approximate surface area is 311 Å². The molecule has 0 aromatic rings. The first-order chi connectivity index (χ1) is 25.0. The van der Waals surface area contributed by atoms with Crippen molar-refractivity contribution >= 4 is 59.2 Å². The number of nitrogens with two attached hydrogens (primary N) is 4. The van der Waals surface area contributed by atoms with Crippen LogP contribution in [0.4, 0.5) is 0 Å². The lowest BCUT2D eigenvalue weighted by atomic mass is 10.00. The van der Waals surface area contributed by atoms with Gasteiger partial charge in [-0.15, -0.1) is 0 Å². The number of carbonyl (C=O) groups excluding carboxylic acids is 7. The number of amides is 7. The summed E-state index contributed by atoms with van der Waals surface area (Å²) in [6.45, 7) is 7.04. The van der Waals surface area contributed by atoms with E-state index < -0.39 is 121 Å². The summed E-state index contributed by atoms with van der Waals surface area (Å²) in [5.41, 5.74) is 21.3. The molecular formula is C31H55N11O12. The third kappa shape index (κ3) is 18.8. The molecule has 0 aromatic carbocycles. The summed E-state index contributed by atoms with van der Waals surface area (Å²) in [4.78, 5) is 117. The Hall–Kier alpha value is -5.58. The van der Waals surface area contributed by atoms with Crippen molar-refractivity contribution in [1.82, 2.24) is 31.9 Å². The van der Waals surface area contributed by atoms with Crippen LogP contribution in [0.3, 0.4) is 0 Å². The molecule has 306 valence electrons. The first-order valence-electron chi connectivity index (χ1n) is 17.0. The number of guanidine groups is 1. The molecule has 0 heterocycles. The predicted molar refractivity (Wildman–Crippen MR) is 190 cm³/mol. The summed E-state index contributed by atoms with van der Waals surface area (Å²) in [6.07, 6.45) is -3.18. The van der Waals surface area contributed by atoms with Crippen LogP contribution in [-0.2, 0) is 43.2 Å². The molecule has 7 amide bonds. The van der Waals surface area contributed by atoms with E-state index in [9.17, 15) is 58.5 Å². The molecule has 17 N–H and O–H groups in total. The van der Waals surface area contributed by atoms with Crippen LogP contribution in [0.25, 0.3) is 0 Å². The number of aliphatic imine (C=N–C) groups is 1. The van der Waals surface area contributed by atoms with Gasteiger partial charge < -0.3 is 70.2 Å². The topological polar surface area (TPSA) is 403 Å². The van der Waals surface area contributed by atoms with Crippen LogP contribution in [0.1, 0.15) is 66.7 Å². The van der Waals surface area contributed by atoms with Gasteiger partial charge in [0.1, 0.15) is 30.2 Å². The van der Waals surface area contributed by atoms with Gasteiger partial charge in [0.2, 0.25) is 41.4 Å². The van der Waals surface area contributed by atoms with E-state index in [0.717, 1.165) is 6.92 Å². The van der Waals surface area contributed by atoms with Crippen molar-refractivity contribution in [2.75, 3.05) is 13.1 Å². The summed E-state index contributed by atoms with van der Waals surface area (Å²) in [6, 6.07) is -9.29. The number of carboxylic acid groups (broad SMARTS) is 2. The standard InChI is InChI=1S/C31H55N11O12/c1-13(2)9-17(39-27(50)19(11-22(46)47)37-21(45)12-32)26(49)40-18(10-20(33)44)28(51)41-23(14(3)4)29(52)38-16(7-6-8-36-31(34)35)25(48)42-24(15(5)43)30(53)54/h13-19,23-24,43H,6-12,32H2,1-5H3,(H2,33,44)(H,37,45)(H,38,52)(H,39,50)(H,40,49)(H,41,51)(H,42,48)(H,46,47)(H,53,54)(H4,34,35,36)/t15-,16+,17+,18+,19+,23+,24+/m1/s1. The Morgan fingerprint density at radius 3 is 1.57 bits per heavy atom. The lowest BCUT2D eigenvalue weighted by Gasteiger charge is -2.29. The highest BCUT2D eigenvalue weighted by Crippen LogP contribution is 2.10. The van der Waals surface area contributed by atoms with Crippen LogP contribution in [0, 0.1) is 11.8 Å².